The molecular formula is C12H15BrN4OS. The summed E-state index contributed by atoms with van der Waals surface area (Å²) in [5.41, 5.74) is 7.41. The first-order valence-corrected chi connectivity index (χ1v) is 7.51. The molecule has 0 saturated heterocycles. The van der Waals surface area contributed by atoms with Gasteiger partial charge in [0.05, 0.1) is 17.9 Å². The van der Waals surface area contributed by atoms with Crippen LogP contribution in [-0.4, -0.2) is 16.1 Å². The summed E-state index contributed by atoms with van der Waals surface area (Å²) in [6.07, 6.45) is 0. The van der Waals surface area contributed by atoms with E-state index in [2.05, 4.69) is 31.4 Å². The number of carbonyl (C=O) groups excluding carboxylic acids is 1. The fraction of sp³-hybridized carbons (Fsp3) is 0.333. The number of amides is 1. The van der Waals surface area contributed by atoms with Crippen molar-refractivity contribution in [2.45, 2.75) is 26.3 Å². The third kappa shape index (κ3) is 3.16. The number of rotatable bonds is 4. The quantitative estimate of drug-likeness (QED) is 0.798. The first kappa shape index (κ1) is 14.1. The molecule has 0 atom stereocenters. The van der Waals surface area contributed by atoms with E-state index in [9.17, 15) is 4.79 Å². The second-order valence-electron chi connectivity index (χ2n) is 4.47. The van der Waals surface area contributed by atoms with Gasteiger partial charge in [0.1, 0.15) is 0 Å². The minimum atomic E-state index is -0.259. The van der Waals surface area contributed by atoms with E-state index in [1.54, 1.807) is 11.3 Å². The van der Waals surface area contributed by atoms with E-state index in [0.717, 1.165) is 15.0 Å². The average Bonchev–Trinajstić information content (AvgIpc) is 2.92. The molecule has 2 aromatic rings. The lowest BCUT2D eigenvalue weighted by Crippen LogP contribution is -2.23. The van der Waals surface area contributed by atoms with Gasteiger partial charge in [0.2, 0.25) is 0 Å². The van der Waals surface area contributed by atoms with Crippen molar-refractivity contribution in [2.75, 3.05) is 5.73 Å². The number of halogens is 1. The van der Waals surface area contributed by atoms with Crippen LogP contribution < -0.4 is 11.1 Å². The highest BCUT2D eigenvalue weighted by Crippen LogP contribution is 2.22. The Labute approximate surface area is 123 Å². The van der Waals surface area contributed by atoms with Crippen LogP contribution in [-0.2, 0) is 6.54 Å². The van der Waals surface area contributed by atoms with Crippen LogP contribution in [0.5, 0.6) is 0 Å². The van der Waals surface area contributed by atoms with Crippen molar-refractivity contribution in [3.8, 4) is 0 Å². The molecule has 0 fully saturated rings. The van der Waals surface area contributed by atoms with E-state index < -0.39 is 0 Å². The summed E-state index contributed by atoms with van der Waals surface area (Å²) in [5.74, 6) is -0.0486. The Balaban J connectivity index is 2.04. The summed E-state index contributed by atoms with van der Waals surface area (Å²) in [6, 6.07) is 1.97. The van der Waals surface area contributed by atoms with Crippen molar-refractivity contribution in [2.24, 2.45) is 0 Å². The zero-order valence-electron chi connectivity index (χ0n) is 10.7. The van der Waals surface area contributed by atoms with Gasteiger partial charge in [-0.05, 0) is 27.9 Å². The zero-order chi connectivity index (χ0) is 14.0. The highest BCUT2D eigenvalue weighted by molar-refractivity contribution is 9.10. The third-order valence-corrected chi connectivity index (χ3v) is 4.37. The van der Waals surface area contributed by atoms with Crippen LogP contribution in [0.25, 0.3) is 0 Å². The minimum Gasteiger partial charge on any atom is -0.395 e. The van der Waals surface area contributed by atoms with E-state index >= 15 is 0 Å². The predicted octanol–water partition coefficient (Wildman–Crippen LogP) is 2.87. The van der Waals surface area contributed by atoms with Crippen LogP contribution in [0, 0.1) is 0 Å². The second-order valence-corrected chi connectivity index (χ2v) is 6.38. The predicted molar refractivity (Wildman–Crippen MR) is 80.3 cm³/mol. The SMILES string of the molecule is CC(C)c1[nH]nc(C(=O)NCc2cc(Br)cs2)c1N. The van der Waals surface area contributed by atoms with E-state index in [1.807, 2.05) is 25.3 Å². The molecule has 0 radical (unpaired) electrons. The molecule has 5 nitrogen and oxygen atoms in total. The molecule has 102 valence electrons. The Morgan fingerprint density at radius 1 is 1.63 bits per heavy atom. The molecule has 0 aliphatic rings. The van der Waals surface area contributed by atoms with Gasteiger partial charge in [-0.3, -0.25) is 9.89 Å². The number of hydrogen-bond acceptors (Lipinski definition) is 4. The molecule has 0 aromatic carbocycles. The topological polar surface area (TPSA) is 83.8 Å². The molecule has 2 heterocycles. The molecule has 7 heteroatoms. The number of aromatic amines is 1. The molecular weight excluding hydrogens is 328 g/mol. The molecule has 2 aromatic heterocycles. The summed E-state index contributed by atoms with van der Waals surface area (Å²) in [4.78, 5) is 13.1. The number of thiophene rings is 1. The monoisotopic (exact) mass is 342 g/mol. The lowest BCUT2D eigenvalue weighted by molar-refractivity contribution is 0.0947. The fourth-order valence-electron chi connectivity index (χ4n) is 1.67. The molecule has 0 aliphatic carbocycles. The Kier molecular flexibility index (Phi) is 4.26. The maximum Gasteiger partial charge on any atom is 0.274 e. The zero-order valence-corrected chi connectivity index (χ0v) is 13.1. The molecule has 0 unspecified atom stereocenters. The number of nitrogens with one attached hydrogen (secondary N) is 2. The Morgan fingerprint density at radius 3 is 2.89 bits per heavy atom. The normalized spacial score (nSPS) is 10.9. The number of nitrogens with zero attached hydrogens (tertiary/aromatic N) is 1. The van der Waals surface area contributed by atoms with Crippen LogP contribution in [0.3, 0.4) is 0 Å². The maximum atomic E-state index is 12.0. The number of hydrogen-bond donors (Lipinski definition) is 3. The Bertz CT molecular complexity index is 590. The molecule has 0 bridgehead atoms. The number of carbonyl (C=O) groups is 1. The average molecular weight is 343 g/mol. The van der Waals surface area contributed by atoms with Crippen molar-refractivity contribution in [1.29, 1.82) is 0 Å². The summed E-state index contributed by atoms with van der Waals surface area (Å²) < 4.78 is 1.02. The molecule has 0 saturated carbocycles. The van der Waals surface area contributed by atoms with Crippen molar-refractivity contribution in [1.82, 2.24) is 15.5 Å². The van der Waals surface area contributed by atoms with Gasteiger partial charge in [-0.25, -0.2) is 0 Å². The summed E-state index contributed by atoms with van der Waals surface area (Å²) in [7, 11) is 0. The molecule has 0 aliphatic heterocycles. The number of aromatic nitrogens is 2. The Morgan fingerprint density at radius 2 is 2.37 bits per heavy atom. The van der Waals surface area contributed by atoms with Crippen molar-refractivity contribution < 1.29 is 4.79 Å². The molecule has 19 heavy (non-hydrogen) atoms. The molecule has 2 rings (SSSR count). The van der Waals surface area contributed by atoms with Crippen LogP contribution in [0.1, 0.15) is 40.8 Å². The summed E-state index contributed by atoms with van der Waals surface area (Å²) >= 11 is 4.96. The van der Waals surface area contributed by atoms with Crippen LogP contribution in [0.15, 0.2) is 15.9 Å². The highest BCUT2D eigenvalue weighted by atomic mass is 79.9. The maximum absolute atomic E-state index is 12.0. The number of H-pyrrole nitrogens is 1. The molecule has 0 spiro atoms. The number of anilines is 1. The van der Waals surface area contributed by atoms with Gasteiger partial charge in [0, 0.05) is 14.7 Å². The summed E-state index contributed by atoms with van der Waals surface area (Å²) in [6.45, 7) is 4.46. The van der Waals surface area contributed by atoms with Gasteiger partial charge in [-0.15, -0.1) is 11.3 Å². The molecule has 1 amide bonds. The van der Waals surface area contributed by atoms with Crippen molar-refractivity contribution >= 4 is 38.9 Å². The van der Waals surface area contributed by atoms with Gasteiger partial charge >= 0.3 is 0 Å². The van der Waals surface area contributed by atoms with E-state index in [-0.39, 0.29) is 17.5 Å². The largest absolute Gasteiger partial charge is 0.395 e. The lowest BCUT2D eigenvalue weighted by atomic mass is 10.1. The second kappa shape index (κ2) is 5.75. The number of nitrogens with two attached hydrogens (primary N) is 1. The van der Waals surface area contributed by atoms with Crippen molar-refractivity contribution in [3.05, 3.63) is 32.2 Å². The van der Waals surface area contributed by atoms with Gasteiger partial charge in [0.15, 0.2) is 5.69 Å². The lowest BCUT2D eigenvalue weighted by Gasteiger charge is -2.04. The number of nitrogen functional groups attached to an aromatic ring is 1. The van der Waals surface area contributed by atoms with Crippen LogP contribution in [0.2, 0.25) is 0 Å². The van der Waals surface area contributed by atoms with E-state index in [4.69, 9.17) is 5.73 Å². The summed E-state index contributed by atoms with van der Waals surface area (Å²) in [5, 5.41) is 11.6. The Hall–Kier alpha value is -1.34. The van der Waals surface area contributed by atoms with Crippen LogP contribution in [0.4, 0.5) is 5.69 Å². The fourth-order valence-corrected chi connectivity index (χ4v) is 3.07. The van der Waals surface area contributed by atoms with Gasteiger partial charge < -0.3 is 11.1 Å². The van der Waals surface area contributed by atoms with Crippen LogP contribution >= 0.6 is 27.3 Å². The van der Waals surface area contributed by atoms with E-state index in [0.29, 0.717) is 12.2 Å². The molecule has 4 N–H and O–H groups in total. The first-order chi connectivity index (χ1) is 8.99. The van der Waals surface area contributed by atoms with Gasteiger partial charge in [-0.1, -0.05) is 13.8 Å². The van der Waals surface area contributed by atoms with E-state index in [1.165, 1.54) is 0 Å². The van der Waals surface area contributed by atoms with Gasteiger partial charge in [0.25, 0.3) is 5.91 Å². The standard InChI is InChI=1S/C12H15BrN4OS/c1-6(2)10-9(14)11(17-16-10)12(18)15-4-8-3-7(13)5-19-8/h3,5-6H,4,14H2,1-2H3,(H,15,18)(H,16,17). The third-order valence-electron chi connectivity index (χ3n) is 2.67. The highest BCUT2D eigenvalue weighted by Gasteiger charge is 2.18. The first-order valence-electron chi connectivity index (χ1n) is 5.84. The minimum absolute atomic E-state index is 0.210. The smallest absolute Gasteiger partial charge is 0.274 e. The van der Waals surface area contributed by atoms with Gasteiger partial charge in [-0.2, -0.15) is 5.10 Å². The van der Waals surface area contributed by atoms with Crippen molar-refractivity contribution in [3.63, 3.8) is 0 Å².